The van der Waals surface area contributed by atoms with Crippen LogP contribution in [0.25, 0.3) is 0 Å². The third kappa shape index (κ3) is 5.12. The minimum absolute atomic E-state index is 0.00887. The average Bonchev–Trinajstić information content (AvgIpc) is 3.19. The Kier molecular flexibility index (Phi) is 5.53. The van der Waals surface area contributed by atoms with Gasteiger partial charge in [0.2, 0.25) is 0 Å². The lowest BCUT2D eigenvalue weighted by atomic mass is 10.1. The van der Waals surface area contributed by atoms with Crippen LogP contribution in [0.1, 0.15) is 21.5 Å². The van der Waals surface area contributed by atoms with Gasteiger partial charge >= 0.3 is 12.2 Å². The van der Waals surface area contributed by atoms with Gasteiger partial charge in [0, 0.05) is 17.1 Å². The van der Waals surface area contributed by atoms with Gasteiger partial charge < -0.3 is 20.5 Å². The molecule has 150 valence electrons. The highest BCUT2D eigenvalue weighted by molar-refractivity contribution is 6.05. The smallest absolute Gasteiger partial charge is 0.364 e. The number of aromatic nitrogens is 1. The van der Waals surface area contributed by atoms with Gasteiger partial charge in [-0.15, -0.1) is 0 Å². The molecule has 3 amide bonds. The minimum atomic E-state index is -4.51. The van der Waals surface area contributed by atoms with Crippen molar-refractivity contribution in [1.29, 1.82) is 0 Å². The third-order valence-electron chi connectivity index (χ3n) is 3.89. The van der Waals surface area contributed by atoms with E-state index in [2.05, 4.69) is 25.6 Å². The molecule has 3 rings (SSSR count). The molecule has 1 aromatic heterocycles. The number of amides is 3. The van der Waals surface area contributed by atoms with Crippen molar-refractivity contribution in [3.05, 3.63) is 71.6 Å². The maximum absolute atomic E-state index is 12.8. The molecule has 3 aromatic rings. The van der Waals surface area contributed by atoms with E-state index in [0.717, 1.165) is 17.7 Å². The molecule has 3 N–H and O–H groups in total. The van der Waals surface area contributed by atoms with Crippen molar-refractivity contribution in [2.75, 3.05) is 16.0 Å². The summed E-state index contributed by atoms with van der Waals surface area (Å²) in [6.45, 7) is 1.76. The number of carbonyl (C=O) groups is 2. The second-order valence-electron chi connectivity index (χ2n) is 6.05. The Morgan fingerprint density at radius 3 is 2.38 bits per heavy atom. The molecule has 7 nitrogen and oxygen atoms in total. The standard InChI is InChI=1S/C19H15F3N4O3/c1-11-5-6-15(8-16(11)26-17(27)12-9-23-29-10-12)25-18(28)24-14-4-2-3-13(7-14)19(20,21)22/h2-10H,1H3,(H,26,27)(H2,24,25,28). The molecule has 0 aliphatic heterocycles. The number of halogens is 3. The highest BCUT2D eigenvalue weighted by Crippen LogP contribution is 2.30. The van der Waals surface area contributed by atoms with E-state index in [4.69, 9.17) is 0 Å². The van der Waals surface area contributed by atoms with Crippen molar-refractivity contribution in [1.82, 2.24) is 5.16 Å². The van der Waals surface area contributed by atoms with Gasteiger partial charge in [-0.2, -0.15) is 13.2 Å². The molecule has 29 heavy (non-hydrogen) atoms. The highest BCUT2D eigenvalue weighted by atomic mass is 19.4. The van der Waals surface area contributed by atoms with E-state index in [9.17, 15) is 22.8 Å². The number of benzene rings is 2. The van der Waals surface area contributed by atoms with E-state index in [-0.39, 0.29) is 11.3 Å². The maximum Gasteiger partial charge on any atom is 0.416 e. The topological polar surface area (TPSA) is 96.3 Å². The van der Waals surface area contributed by atoms with Crippen molar-refractivity contribution in [3.63, 3.8) is 0 Å². The minimum Gasteiger partial charge on any atom is -0.364 e. The number of hydrogen-bond acceptors (Lipinski definition) is 4. The van der Waals surface area contributed by atoms with E-state index < -0.39 is 23.7 Å². The summed E-state index contributed by atoms with van der Waals surface area (Å²) in [5, 5.41) is 11.0. The van der Waals surface area contributed by atoms with E-state index in [1.165, 1.54) is 30.7 Å². The van der Waals surface area contributed by atoms with Gasteiger partial charge in [0.05, 0.1) is 17.3 Å². The average molecular weight is 404 g/mol. The van der Waals surface area contributed by atoms with Gasteiger partial charge in [0.15, 0.2) is 0 Å². The van der Waals surface area contributed by atoms with Crippen LogP contribution >= 0.6 is 0 Å². The predicted molar refractivity (Wildman–Crippen MR) is 99.7 cm³/mol. The summed E-state index contributed by atoms with van der Waals surface area (Å²) in [6, 6.07) is 8.33. The molecule has 0 saturated heterocycles. The molecule has 0 saturated carbocycles. The van der Waals surface area contributed by atoms with E-state index in [1.807, 2.05) is 0 Å². The molecule has 0 bridgehead atoms. The second kappa shape index (κ2) is 8.05. The van der Waals surface area contributed by atoms with Crippen LogP contribution in [0.5, 0.6) is 0 Å². The molecule has 0 aliphatic carbocycles. The van der Waals surface area contributed by atoms with Crippen LogP contribution in [0.15, 0.2) is 59.4 Å². The van der Waals surface area contributed by atoms with Crippen molar-refractivity contribution < 1.29 is 27.3 Å². The number of carbonyl (C=O) groups excluding carboxylic acids is 2. The van der Waals surface area contributed by atoms with Crippen LogP contribution < -0.4 is 16.0 Å². The molecular weight excluding hydrogens is 389 g/mol. The van der Waals surface area contributed by atoms with Crippen LogP contribution in [0.3, 0.4) is 0 Å². The number of anilines is 3. The largest absolute Gasteiger partial charge is 0.416 e. The van der Waals surface area contributed by atoms with Gasteiger partial charge in [-0.3, -0.25) is 4.79 Å². The van der Waals surface area contributed by atoms with Crippen LogP contribution in [0.4, 0.5) is 35.0 Å². The summed E-state index contributed by atoms with van der Waals surface area (Å²) < 4.78 is 42.9. The first-order chi connectivity index (χ1) is 13.7. The van der Waals surface area contributed by atoms with Crippen LogP contribution in [0, 0.1) is 6.92 Å². The molecule has 0 radical (unpaired) electrons. The van der Waals surface area contributed by atoms with E-state index in [0.29, 0.717) is 11.4 Å². The summed E-state index contributed by atoms with van der Waals surface area (Å²) in [4.78, 5) is 24.2. The number of nitrogens with zero attached hydrogens (tertiary/aromatic N) is 1. The van der Waals surface area contributed by atoms with Crippen molar-refractivity contribution in [2.45, 2.75) is 13.1 Å². The Morgan fingerprint density at radius 1 is 1.00 bits per heavy atom. The fourth-order valence-corrected chi connectivity index (χ4v) is 2.41. The van der Waals surface area contributed by atoms with Gasteiger partial charge in [-0.25, -0.2) is 4.79 Å². The number of urea groups is 1. The Labute approximate surface area is 162 Å². The molecular formula is C19H15F3N4O3. The first kappa shape index (κ1) is 19.9. The SMILES string of the molecule is Cc1ccc(NC(=O)Nc2cccc(C(F)(F)F)c2)cc1NC(=O)c1cnoc1. The fraction of sp³-hybridized carbons (Fsp3) is 0.105. The summed E-state index contributed by atoms with van der Waals surface area (Å²) in [6.07, 6.45) is -2.06. The number of nitrogens with one attached hydrogen (secondary N) is 3. The lowest BCUT2D eigenvalue weighted by Crippen LogP contribution is -2.20. The summed E-state index contributed by atoms with van der Waals surface area (Å²) in [5.74, 6) is -0.445. The molecule has 0 fully saturated rings. The molecule has 1 heterocycles. The number of aryl methyl sites for hydroxylation is 1. The molecule has 0 spiro atoms. The maximum atomic E-state index is 12.8. The first-order valence-corrected chi connectivity index (χ1v) is 8.29. The van der Waals surface area contributed by atoms with E-state index >= 15 is 0 Å². The zero-order valence-corrected chi connectivity index (χ0v) is 15.0. The second-order valence-corrected chi connectivity index (χ2v) is 6.05. The normalized spacial score (nSPS) is 11.0. The summed E-state index contributed by atoms with van der Waals surface area (Å²) in [5.41, 5.74) is 0.854. The molecule has 0 unspecified atom stereocenters. The van der Waals surface area contributed by atoms with Gasteiger partial charge in [0.25, 0.3) is 5.91 Å². The first-order valence-electron chi connectivity index (χ1n) is 8.29. The third-order valence-corrected chi connectivity index (χ3v) is 3.89. The number of hydrogen-bond donors (Lipinski definition) is 3. The van der Waals surface area contributed by atoms with Crippen molar-refractivity contribution in [3.8, 4) is 0 Å². The Balaban J connectivity index is 1.69. The lowest BCUT2D eigenvalue weighted by molar-refractivity contribution is -0.137. The monoisotopic (exact) mass is 404 g/mol. The van der Waals surface area contributed by atoms with Crippen molar-refractivity contribution in [2.24, 2.45) is 0 Å². The Morgan fingerprint density at radius 2 is 1.72 bits per heavy atom. The molecule has 2 aromatic carbocycles. The number of alkyl halides is 3. The molecule has 0 atom stereocenters. The highest BCUT2D eigenvalue weighted by Gasteiger charge is 2.30. The fourth-order valence-electron chi connectivity index (χ4n) is 2.41. The summed E-state index contributed by atoms with van der Waals surface area (Å²) in [7, 11) is 0. The zero-order valence-electron chi connectivity index (χ0n) is 15.0. The van der Waals surface area contributed by atoms with Gasteiger partial charge in [-0.1, -0.05) is 17.3 Å². The Bertz CT molecular complexity index is 1030. The number of rotatable bonds is 4. The van der Waals surface area contributed by atoms with Crippen LogP contribution in [-0.2, 0) is 6.18 Å². The van der Waals surface area contributed by atoms with Gasteiger partial charge in [0.1, 0.15) is 6.26 Å². The quantitative estimate of drug-likeness (QED) is 0.576. The molecule has 0 aliphatic rings. The van der Waals surface area contributed by atoms with Crippen LogP contribution in [-0.4, -0.2) is 17.1 Å². The predicted octanol–water partition coefficient (Wildman–Crippen LogP) is 4.90. The molecule has 10 heteroatoms. The summed E-state index contributed by atoms with van der Waals surface area (Å²) >= 11 is 0. The van der Waals surface area contributed by atoms with Crippen molar-refractivity contribution >= 4 is 29.0 Å². The van der Waals surface area contributed by atoms with E-state index in [1.54, 1.807) is 19.1 Å². The Hall–Kier alpha value is -3.82. The lowest BCUT2D eigenvalue weighted by Gasteiger charge is -2.13. The van der Waals surface area contributed by atoms with Crippen LogP contribution in [0.2, 0.25) is 0 Å². The zero-order chi connectivity index (χ0) is 21.0. The van der Waals surface area contributed by atoms with Gasteiger partial charge in [-0.05, 0) is 42.8 Å².